The highest BCUT2D eigenvalue weighted by Crippen LogP contribution is 2.13. The highest BCUT2D eigenvalue weighted by molar-refractivity contribution is 5.25. The summed E-state index contributed by atoms with van der Waals surface area (Å²) in [5.74, 6) is 1.28. The summed E-state index contributed by atoms with van der Waals surface area (Å²) in [4.78, 5) is 0. The van der Waals surface area contributed by atoms with Gasteiger partial charge in [-0.2, -0.15) is 0 Å². The third-order valence-corrected chi connectivity index (χ3v) is 3.06. The second-order valence-corrected chi connectivity index (χ2v) is 4.64. The molecule has 0 atom stereocenters. The van der Waals surface area contributed by atoms with Crippen LogP contribution in [0.1, 0.15) is 24.8 Å². The van der Waals surface area contributed by atoms with Crippen molar-refractivity contribution < 1.29 is 9.84 Å². The largest absolute Gasteiger partial charge is 0.508 e. The molecule has 0 aliphatic heterocycles. The summed E-state index contributed by atoms with van der Waals surface area (Å²) in [5, 5.41) is 9.19. The maximum Gasteiger partial charge on any atom is 0.119 e. The Morgan fingerprint density at radius 3 is 2.26 bits per heavy atom. The zero-order valence-electron chi connectivity index (χ0n) is 11.1. The summed E-state index contributed by atoms with van der Waals surface area (Å²) in [6, 6.07) is 17.4. The fourth-order valence-electron chi connectivity index (χ4n) is 1.98. The van der Waals surface area contributed by atoms with Crippen molar-refractivity contribution in [2.45, 2.75) is 25.7 Å². The molecule has 0 saturated heterocycles. The molecule has 0 heterocycles. The van der Waals surface area contributed by atoms with E-state index in [0.717, 1.165) is 38.0 Å². The molecule has 0 unspecified atom stereocenters. The number of benzene rings is 2. The summed E-state index contributed by atoms with van der Waals surface area (Å²) in [7, 11) is 0. The number of para-hydroxylation sites is 1. The van der Waals surface area contributed by atoms with Crippen LogP contribution in [0.5, 0.6) is 11.5 Å². The third kappa shape index (κ3) is 5.04. The number of aryl methyl sites for hydroxylation is 1. The highest BCUT2D eigenvalue weighted by atomic mass is 16.5. The van der Waals surface area contributed by atoms with Crippen LogP contribution < -0.4 is 4.74 Å². The predicted octanol–water partition coefficient (Wildman–Crippen LogP) is 4.18. The minimum absolute atomic E-state index is 0.333. The Balaban J connectivity index is 1.56. The first-order chi connectivity index (χ1) is 9.34. The number of phenolic OH excluding ortho intramolecular Hbond substituents is 1. The van der Waals surface area contributed by atoms with Crippen LogP contribution in [0.3, 0.4) is 0 Å². The lowest BCUT2D eigenvalue weighted by Gasteiger charge is -2.06. The fraction of sp³-hybridized carbons (Fsp3) is 0.294. The van der Waals surface area contributed by atoms with Gasteiger partial charge in [0.2, 0.25) is 0 Å². The van der Waals surface area contributed by atoms with E-state index in [9.17, 15) is 5.11 Å². The van der Waals surface area contributed by atoms with Gasteiger partial charge in [-0.05, 0) is 55.5 Å². The van der Waals surface area contributed by atoms with Gasteiger partial charge in [0.1, 0.15) is 11.5 Å². The first-order valence-corrected chi connectivity index (χ1v) is 6.80. The Kier molecular flexibility index (Phi) is 5.30. The number of phenols is 1. The van der Waals surface area contributed by atoms with Gasteiger partial charge in [0.25, 0.3) is 0 Å². The Morgan fingerprint density at radius 1 is 0.789 bits per heavy atom. The molecule has 0 amide bonds. The fourth-order valence-corrected chi connectivity index (χ4v) is 1.98. The van der Waals surface area contributed by atoms with E-state index in [2.05, 4.69) is 0 Å². The van der Waals surface area contributed by atoms with Gasteiger partial charge in [-0.15, -0.1) is 0 Å². The van der Waals surface area contributed by atoms with Crippen molar-refractivity contribution in [3.63, 3.8) is 0 Å². The lowest BCUT2D eigenvalue weighted by atomic mass is 10.1. The molecule has 0 radical (unpaired) electrons. The average Bonchev–Trinajstić information content (AvgIpc) is 2.46. The average molecular weight is 256 g/mol. The Morgan fingerprint density at radius 2 is 1.53 bits per heavy atom. The number of hydrogen-bond donors (Lipinski definition) is 1. The van der Waals surface area contributed by atoms with Crippen molar-refractivity contribution in [2.24, 2.45) is 0 Å². The number of hydrogen-bond acceptors (Lipinski definition) is 2. The van der Waals surface area contributed by atoms with Crippen molar-refractivity contribution >= 4 is 0 Å². The molecule has 0 aliphatic carbocycles. The quantitative estimate of drug-likeness (QED) is 0.753. The third-order valence-electron chi connectivity index (χ3n) is 3.06. The summed E-state index contributed by atoms with van der Waals surface area (Å²) in [6.07, 6.45) is 4.45. The molecular weight excluding hydrogens is 236 g/mol. The van der Waals surface area contributed by atoms with Gasteiger partial charge in [0.05, 0.1) is 6.61 Å². The molecule has 2 aromatic rings. The van der Waals surface area contributed by atoms with E-state index in [0.29, 0.717) is 5.75 Å². The lowest BCUT2D eigenvalue weighted by Crippen LogP contribution is -1.97. The molecule has 0 saturated carbocycles. The monoisotopic (exact) mass is 256 g/mol. The van der Waals surface area contributed by atoms with Gasteiger partial charge >= 0.3 is 0 Å². The van der Waals surface area contributed by atoms with Crippen LogP contribution >= 0.6 is 0 Å². The van der Waals surface area contributed by atoms with Crippen LogP contribution in [0, 0.1) is 0 Å². The molecule has 0 spiro atoms. The molecule has 0 fully saturated rings. The minimum atomic E-state index is 0.333. The van der Waals surface area contributed by atoms with Gasteiger partial charge in [0, 0.05) is 0 Å². The van der Waals surface area contributed by atoms with Crippen molar-refractivity contribution in [3.05, 3.63) is 60.2 Å². The second kappa shape index (κ2) is 7.47. The van der Waals surface area contributed by atoms with Crippen LogP contribution in [0.2, 0.25) is 0 Å². The van der Waals surface area contributed by atoms with Gasteiger partial charge in [-0.3, -0.25) is 0 Å². The van der Waals surface area contributed by atoms with E-state index in [4.69, 9.17) is 4.74 Å². The maximum atomic E-state index is 9.19. The van der Waals surface area contributed by atoms with E-state index >= 15 is 0 Å². The molecule has 0 aliphatic rings. The number of rotatable bonds is 7. The number of unbranched alkanes of at least 4 members (excludes halogenated alkanes) is 2. The summed E-state index contributed by atoms with van der Waals surface area (Å²) in [5.41, 5.74) is 1.28. The summed E-state index contributed by atoms with van der Waals surface area (Å²) < 4.78 is 5.64. The van der Waals surface area contributed by atoms with E-state index in [1.54, 1.807) is 12.1 Å². The van der Waals surface area contributed by atoms with E-state index < -0.39 is 0 Å². The first kappa shape index (κ1) is 13.5. The van der Waals surface area contributed by atoms with Gasteiger partial charge < -0.3 is 9.84 Å². The van der Waals surface area contributed by atoms with Crippen LogP contribution in [-0.4, -0.2) is 11.7 Å². The normalized spacial score (nSPS) is 10.3. The van der Waals surface area contributed by atoms with Gasteiger partial charge in [-0.25, -0.2) is 0 Å². The molecule has 2 nitrogen and oxygen atoms in total. The lowest BCUT2D eigenvalue weighted by molar-refractivity contribution is 0.305. The predicted molar refractivity (Wildman–Crippen MR) is 77.6 cm³/mol. The van der Waals surface area contributed by atoms with E-state index in [1.807, 2.05) is 42.5 Å². The molecule has 1 N–H and O–H groups in total. The van der Waals surface area contributed by atoms with E-state index in [1.165, 1.54) is 5.56 Å². The Bertz CT molecular complexity index is 462. The van der Waals surface area contributed by atoms with Crippen molar-refractivity contribution in [3.8, 4) is 11.5 Å². The van der Waals surface area contributed by atoms with Crippen LogP contribution in [0.4, 0.5) is 0 Å². The second-order valence-electron chi connectivity index (χ2n) is 4.64. The van der Waals surface area contributed by atoms with Gasteiger partial charge in [-0.1, -0.05) is 30.3 Å². The van der Waals surface area contributed by atoms with Crippen LogP contribution in [0.15, 0.2) is 54.6 Å². The van der Waals surface area contributed by atoms with E-state index in [-0.39, 0.29) is 0 Å². The first-order valence-electron chi connectivity index (χ1n) is 6.80. The SMILES string of the molecule is Oc1ccc(CCCCCOc2ccccc2)cc1. The Hall–Kier alpha value is -1.96. The topological polar surface area (TPSA) is 29.5 Å². The smallest absolute Gasteiger partial charge is 0.119 e. The summed E-state index contributed by atoms with van der Waals surface area (Å²) >= 11 is 0. The molecule has 2 heteroatoms. The van der Waals surface area contributed by atoms with Crippen molar-refractivity contribution in [2.75, 3.05) is 6.61 Å². The van der Waals surface area contributed by atoms with Crippen LogP contribution in [0.25, 0.3) is 0 Å². The zero-order valence-corrected chi connectivity index (χ0v) is 11.1. The zero-order chi connectivity index (χ0) is 13.3. The molecule has 2 rings (SSSR count). The highest BCUT2D eigenvalue weighted by Gasteiger charge is 1.95. The molecule has 0 bridgehead atoms. The molecule has 19 heavy (non-hydrogen) atoms. The molecule has 0 aromatic heterocycles. The number of aromatic hydroxyl groups is 1. The van der Waals surface area contributed by atoms with Gasteiger partial charge in [0.15, 0.2) is 0 Å². The minimum Gasteiger partial charge on any atom is -0.508 e. The maximum absolute atomic E-state index is 9.19. The van der Waals surface area contributed by atoms with Crippen LogP contribution in [-0.2, 0) is 6.42 Å². The molecule has 2 aromatic carbocycles. The van der Waals surface area contributed by atoms with Crippen molar-refractivity contribution in [1.82, 2.24) is 0 Å². The summed E-state index contributed by atoms with van der Waals surface area (Å²) in [6.45, 7) is 0.777. The molecular formula is C17H20O2. The Labute approximate surface area is 114 Å². The standard InChI is InChI=1S/C17H20O2/c18-16-12-10-15(11-13-16)7-3-2-6-14-19-17-8-4-1-5-9-17/h1,4-5,8-13,18H,2-3,6-7,14H2. The van der Waals surface area contributed by atoms with Crippen molar-refractivity contribution in [1.29, 1.82) is 0 Å². The number of ether oxygens (including phenoxy) is 1. The molecule has 100 valence electrons.